The van der Waals surface area contributed by atoms with Gasteiger partial charge in [0.2, 0.25) is 11.8 Å². The molecule has 3 fully saturated rings. The second-order valence-corrected chi connectivity index (χ2v) is 11.1. The van der Waals surface area contributed by atoms with Gasteiger partial charge in [-0.1, -0.05) is 36.2 Å². The highest BCUT2D eigenvalue weighted by Gasteiger charge is 2.66. The number of carboxylic acids is 1. The summed E-state index contributed by atoms with van der Waals surface area (Å²) in [5, 5.41) is 12.5. The van der Waals surface area contributed by atoms with E-state index in [9.17, 15) is 29.1 Å². The Kier molecular flexibility index (Phi) is 7.45. The first-order chi connectivity index (χ1) is 17.4. The fraction of sp³-hybridized carbons (Fsp3) is 0.560. The monoisotopic (exact) mass is 553 g/mol. The lowest BCUT2D eigenvalue weighted by Crippen LogP contribution is -2.57. The topological polar surface area (TPSA) is 133 Å². The van der Waals surface area contributed by atoms with Crippen molar-refractivity contribution in [1.82, 2.24) is 15.1 Å². The number of carbonyl (C=O) groups is 5. The van der Waals surface area contributed by atoms with Crippen molar-refractivity contribution in [1.29, 1.82) is 0 Å². The van der Waals surface area contributed by atoms with E-state index in [4.69, 9.17) is 27.9 Å². The summed E-state index contributed by atoms with van der Waals surface area (Å²) in [5.41, 5.74) is -1.35. The molecule has 10 nitrogen and oxygen atoms in total. The van der Waals surface area contributed by atoms with Crippen molar-refractivity contribution in [3.63, 3.8) is 0 Å². The minimum atomic E-state index is -1.28. The van der Waals surface area contributed by atoms with Crippen molar-refractivity contribution >= 4 is 52.9 Å². The molecule has 4 rings (SSSR count). The molecule has 200 valence electrons. The van der Waals surface area contributed by atoms with Gasteiger partial charge in [0.05, 0.1) is 34.1 Å². The number of carboxylic acid groups (broad SMARTS) is 1. The number of amides is 3. The van der Waals surface area contributed by atoms with E-state index < -0.39 is 47.0 Å². The highest BCUT2D eigenvalue weighted by molar-refractivity contribution is 6.39. The summed E-state index contributed by atoms with van der Waals surface area (Å²) in [6.45, 7) is 4.40. The Morgan fingerprint density at radius 1 is 1.11 bits per heavy atom. The Hall–Kier alpha value is -2.85. The molecule has 0 spiro atoms. The number of esters is 1. The molecule has 2 saturated heterocycles. The summed E-state index contributed by atoms with van der Waals surface area (Å²) in [6, 6.07) is 3.50. The van der Waals surface area contributed by atoms with Crippen LogP contribution in [0.3, 0.4) is 0 Å². The molecule has 2 heterocycles. The number of benzene rings is 1. The maximum Gasteiger partial charge on any atom is 0.312 e. The van der Waals surface area contributed by atoms with Gasteiger partial charge >= 0.3 is 11.9 Å². The van der Waals surface area contributed by atoms with E-state index in [2.05, 4.69) is 5.32 Å². The smallest absolute Gasteiger partial charge is 0.312 e. The van der Waals surface area contributed by atoms with Gasteiger partial charge in [0.25, 0.3) is 5.91 Å². The van der Waals surface area contributed by atoms with Gasteiger partial charge in [0.1, 0.15) is 6.04 Å². The van der Waals surface area contributed by atoms with Crippen LogP contribution in [0.1, 0.15) is 43.5 Å². The summed E-state index contributed by atoms with van der Waals surface area (Å²) < 4.78 is 5.26. The summed E-state index contributed by atoms with van der Waals surface area (Å²) in [5.74, 6) is -3.53. The van der Waals surface area contributed by atoms with Crippen molar-refractivity contribution in [2.45, 2.75) is 39.2 Å². The Balaban J connectivity index is 1.42. The van der Waals surface area contributed by atoms with Crippen molar-refractivity contribution in [2.24, 2.45) is 16.7 Å². The molecule has 37 heavy (non-hydrogen) atoms. The van der Waals surface area contributed by atoms with Gasteiger partial charge in [-0.15, -0.1) is 0 Å². The van der Waals surface area contributed by atoms with E-state index >= 15 is 0 Å². The summed E-state index contributed by atoms with van der Waals surface area (Å²) in [7, 11) is 0. The predicted molar refractivity (Wildman–Crippen MR) is 133 cm³/mol. The minimum Gasteiger partial charge on any atom is -0.481 e. The highest BCUT2D eigenvalue weighted by atomic mass is 35.5. The van der Waals surface area contributed by atoms with Crippen LogP contribution in [0.2, 0.25) is 10.0 Å². The Morgan fingerprint density at radius 3 is 2.30 bits per heavy atom. The lowest BCUT2D eigenvalue weighted by Gasteiger charge is -2.37. The van der Waals surface area contributed by atoms with Gasteiger partial charge in [0.15, 0.2) is 0 Å². The number of hydrogen-bond acceptors (Lipinski definition) is 6. The van der Waals surface area contributed by atoms with Crippen LogP contribution < -0.4 is 5.32 Å². The van der Waals surface area contributed by atoms with E-state index in [0.717, 1.165) is 0 Å². The number of piperazine rings is 1. The number of nitrogens with zero attached hydrogens (tertiary/aromatic N) is 2. The Morgan fingerprint density at radius 2 is 1.70 bits per heavy atom. The lowest BCUT2D eigenvalue weighted by atomic mass is 9.66. The molecule has 2 N–H and O–H groups in total. The highest BCUT2D eigenvalue weighted by Crippen LogP contribution is 2.60. The standard InChI is InChI=1S/C25H29Cl2N3O7/c1-24-7-6-14(25(24,2)13-37-23(24)36)20(33)28-17(12-18(31)32)21(34)29-8-10-30(11-9-29)22(35)19-15(26)4-3-5-16(19)27/h3-5,14,17H,6-13H2,1-2H3,(H,28,33)(H,31,32)/t14-,17?,24+,25?/m1/s1. The molecule has 2 unspecified atom stereocenters. The molecular weight excluding hydrogens is 525 g/mol. The average molecular weight is 554 g/mol. The van der Waals surface area contributed by atoms with E-state index in [0.29, 0.717) is 12.8 Å². The summed E-state index contributed by atoms with van der Waals surface area (Å²) in [4.78, 5) is 66.3. The number of nitrogens with one attached hydrogen (secondary N) is 1. The second kappa shape index (κ2) is 10.1. The maximum absolute atomic E-state index is 13.3. The minimum absolute atomic E-state index is 0.101. The third-order valence-electron chi connectivity index (χ3n) is 8.28. The van der Waals surface area contributed by atoms with E-state index in [1.807, 2.05) is 6.92 Å². The van der Waals surface area contributed by atoms with Crippen LogP contribution in [0.25, 0.3) is 0 Å². The number of aliphatic carboxylic acids is 1. The summed E-state index contributed by atoms with van der Waals surface area (Å²) >= 11 is 12.3. The predicted octanol–water partition coefficient (Wildman–Crippen LogP) is 2.22. The first-order valence-corrected chi connectivity index (χ1v) is 12.9. The number of carbonyl (C=O) groups excluding carboxylic acids is 4. The van der Waals surface area contributed by atoms with Gasteiger partial charge in [-0.25, -0.2) is 0 Å². The fourth-order valence-corrected chi connectivity index (χ4v) is 6.23. The quantitative estimate of drug-likeness (QED) is 0.516. The first-order valence-electron chi connectivity index (χ1n) is 12.1. The van der Waals surface area contributed by atoms with Crippen LogP contribution >= 0.6 is 23.2 Å². The molecule has 1 aromatic carbocycles. The summed E-state index contributed by atoms with van der Waals surface area (Å²) in [6.07, 6.45) is 0.325. The largest absolute Gasteiger partial charge is 0.481 e. The molecule has 0 bridgehead atoms. The molecule has 1 aliphatic carbocycles. The normalized spacial score (nSPS) is 27.9. The zero-order valence-electron chi connectivity index (χ0n) is 20.6. The first kappa shape index (κ1) is 27.2. The molecule has 4 atom stereocenters. The van der Waals surface area contributed by atoms with Crippen LogP contribution in [0.4, 0.5) is 0 Å². The van der Waals surface area contributed by atoms with E-state index in [1.165, 1.54) is 9.80 Å². The zero-order valence-corrected chi connectivity index (χ0v) is 22.1. The number of halogens is 2. The number of cyclic esters (lactones) is 1. The van der Waals surface area contributed by atoms with Crippen LogP contribution in [-0.2, 0) is 23.9 Å². The van der Waals surface area contributed by atoms with Crippen LogP contribution in [-0.4, -0.2) is 83.4 Å². The second-order valence-electron chi connectivity index (χ2n) is 10.3. The molecule has 12 heteroatoms. The van der Waals surface area contributed by atoms with Crippen LogP contribution in [0.15, 0.2) is 18.2 Å². The van der Waals surface area contributed by atoms with E-state index in [-0.39, 0.29) is 60.3 Å². The van der Waals surface area contributed by atoms with Crippen molar-refractivity contribution in [3.05, 3.63) is 33.8 Å². The molecule has 2 aliphatic heterocycles. The average Bonchev–Trinajstić information content (AvgIpc) is 3.24. The molecule has 1 saturated carbocycles. The number of hydrogen-bond donors (Lipinski definition) is 2. The van der Waals surface area contributed by atoms with Gasteiger partial charge in [-0.3, -0.25) is 24.0 Å². The number of ether oxygens (including phenoxy) is 1. The molecule has 0 aromatic heterocycles. The Bertz CT molecular complexity index is 1130. The van der Waals surface area contributed by atoms with Crippen molar-refractivity contribution < 1.29 is 33.8 Å². The third-order valence-corrected chi connectivity index (χ3v) is 8.91. The SMILES string of the molecule is CC12COC(=O)[C@]1(C)CC[C@@H]2C(=O)NC(CC(=O)O)C(=O)N1CCN(C(=O)c2c(Cl)cccc2Cl)CC1. The lowest BCUT2D eigenvalue weighted by molar-refractivity contribution is -0.146. The van der Waals surface area contributed by atoms with Crippen molar-refractivity contribution in [3.8, 4) is 0 Å². The van der Waals surface area contributed by atoms with Gasteiger partial charge < -0.3 is 25.0 Å². The van der Waals surface area contributed by atoms with Crippen LogP contribution in [0, 0.1) is 16.7 Å². The van der Waals surface area contributed by atoms with Crippen LogP contribution in [0.5, 0.6) is 0 Å². The Labute approximate surface area is 224 Å². The maximum atomic E-state index is 13.3. The van der Waals surface area contributed by atoms with E-state index in [1.54, 1.807) is 25.1 Å². The molecule has 3 aliphatic rings. The fourth-order valence-electron chi connectivity index (χ4n) is 5.67. The molecule has 1 aromatic rings. The number of fused-ring (bicyclic) bond motifs is 1. The van der Waals surface area contributed by atoms with Gasteiger partial charge in [-0.2, -0.15) is 0 Å². The van der Waals surface area contributed by atoms with Crippen molar-refractivity contribution in [2.75, 3.05) is 32.8 Å². The van der Waals surface area contributed by atoms with Gasteiger partial charge in [0, 0.05) is 37.5 Å². The molecular formula is C25H29Cl2N3O7. The zero-order chi connectivity index (χ0) is 27.1. The third kappa shape index (κ3) is 4.77. The number of rotatable bonds is 6. The molecule has 0 radical (unpaired) electrons. The van der Waals surface area contributed by atoms with Gasteiger partial charge in [-0.05, 0) is 31.9 Å². The molecule has 3 amide bonds.